The van der Waals surface area contributed by atoms with E-state index in [9.17, 15) is 9.18 Å². The number of methoxy groups -OCH3 is 1. The highest BCUT2D eigenvalue weighted by Crippen LogP contribution is 2.17. The molecule has 1 amide bonds. The molecule has 1 N–H and O–H groups in total. The third-order valence-corrected chi connectivity index (χ3v) is 4.48. The third kappa shape index (κ3) is 4.39. The predicted molar refractivity (Wildman–Crippen MR) is 99.3 cm³/mol. The molecule has 1 aromatic heterocycles. The lowest BCUT2D eigenvalue weighted by atomic mass is 10.2. The average Bonchev–Trinajstić information content (AvgIpc) is 3.23. The first-order valence-electron chi connectivity index (χ1n) is 8.73. The summed E-state index contributed by atoms with van der Waals surface area (Å²) in [5.74, 6) is 0.803. The number of furan rings is 1. The topological polar surface area (TPSA) is 70.3 Å². The predicted octanol–water partition coefficient (Wildman–Crippen LogP) is 1.96. The number of aliphatic imine (C=N–C) groups is 1. The van der Waals surface area contributed by atoms with Gasteiger partial charge in [0.05, 0.1) is 13.4 Å². The highest BCUT2D eigenvalue weighted by molar-refractivity contribution is 5.91. The van der Waals surface area contributed by atoms with Crippen molar-refractivity contribution in [3.05, 3.63) is 53.7 Å². The number of guanidine groups is 1. The lowest BCUT2D eigenvalue weighted by molar-refractivity contribution is 0.0657. The van der Waals surface area contributed by atoms with Gasteiger partial charge in [-0.15, -0.1) is 0 Å². The van der Waals surface area contributed by atoms with E-state index in [1.807, 2.05) is 6.07 Å². The Hall–Kier alpha value is -3.03. The summed E-state index contributed by atoms with van der Waals surface area (Å²) in [4.78, 5) is 20.5. The van der Waals surface area contributed by atoms with E-state index in [0.29, 0.717) is 38.5 Å². The molecular formula is C19H23FN4O3. The number of hydrogen-bond acceptors (Lipinski definition) is 4. The molecular weight excluding hydrogens is 351 g/mol. The summed E-state index contributed by atoms with van der Waals surface area (Å²) in [6.07, 6.45) is 1.50. The van der Waals surface area contributed by atoms with E-state index in [4.69, 9.17) is 9.15 Å². The standard InChI is InChI=1S/C19H23FN4O3/c1-21-19(22-13-14-5-6-16(26-2)15(20)12-14)24-9-7-23(8-10-24)18(25)17-4-3-11-27-17/h3-6,11-12H,7-10,13H2,1-2H3,(H,21,22). The molecule has 0 spiro atoms. The Morgan fingerprint density at radius 2 is 2.00 bits per heavy atom. The summed E-state index contributed by atoms with van der Waals surface area (Å²) < 4.78 is 23.9. The average molecular weight is 374 g/mol. The number of rotatable bonds is 4. The maximum atomic E-state index is 13.8. The third-order valence-electron chi connectivity index (χ3n) is 4.48. The van der Waals surface area contributed by atoms with Crippen LogP contribution >= 0.6 is 0 Å². The minimum atomic E-state index is -0.392. The molecule has 0 unspecified atom stereocenters. The van der Waals surface area contributed by atoms with Gasteiger partial charge in [-0.1, -0.05) is 6.07 Å². The smallest absolute Gasteiger partial charge is 0.289 e. The number of nitrogens with one attached hydrogen (secondary N) is 1. The zero-order valence-corrected chi connectivity index (χ0v) is 15.4. The van der Waals surface area contributed by atoms with Gasteiger partial charge in [0.2, 0.25) is 0 Å². The minimum Gasteiger partial charge on any atom is -0.494 e. The van der Waals surface area contributed by atoms with Crippen molar-refractivity contribution < 1.29 is 18.3 Å². The Labute approximate surface area is 157 Å². The van der Waals surface area contributed by atoms with Gasteiger partial charge in [-0.2, -0.15) is 0 Å². The normalized spacial score (nSPS) is 15.0. The summed E-state index contributed by atoms with van der Waals surface area (Å²) >= 11 is 0. The highest BCUT2D eigenvalue weighted by atomic mass is 19.1. The Morgan fingerprint density at radius 1 is 1.26 bits per heavy atom. The summed E-state index contributed by atoms with van der Waals surface area (Å²) in [5, 5.41) is 3.24. The van der Waals surface area contributed by atoms with Crippen molar-refractivity contribution in [3.8, 4) is 5.75 Å². The quantitative estimate of drug-likeness (QED) is 0.654. The van der Waals surface area contributed by atoms with Crippen molar-refractivity contribution in [1.82, 2.24) is 15.1 Å². The van der Waals surface area contributed by atoms with Gasteiger partial charge in [0.1, 0.15) is 0 Å². The number of piperazine rings is 1. The molecule has 1 saturated heterocycles. The molecule has 8 heteroatoms. The molecule has 2 aromatic rings. The van der Waals surface area contributed by atoms with Gasteiger partial charge in [-0.3, -0.25) is 9.79 Å². The number of ether oxygens (including phenoxy) is 1. The number of carbonyl (C=O) groups excluding carboxylic acids is 1. The zero-order valence-electron chi connectivity index (χ0n) is 15.4. The van der Waals surface area contributed by atoms with Gasteiger partial charge in [0, 0.05) is 39.8 Å². The van der Waals surface area contributed by atoms with Gasteiger partial charge < -0.3 is 24.3 Å². The number of amides is 1. The fourth-order valence-corrected chi connectivity index (χ4v) is 3.01. The van der Waals surface area contributed by atoms with Crippen molar-refractivity contribution in [2.45, 2.75) is 6.54 Å². The number of halogens is 1. The fourth-order valence-electron chi connectivity index (χ4n) is 3.01. The summed E-state index contributed by atoms with van der Waals surface area (Å²) in [6, 6.07) is 8.23. The van der Waals surface area contributed by atoms with Crippen LogP contribution in [-0.4, -0.2) is 62.0 Å². The summed E-state index contributed by atoms with van der Waals surface area (Å²) in [7, 11) is 3.14. The van der Waals surface area contributed by atoms with Gasteiger partial charge in [0.15, 0.2) is 23.3 Å². The molecule has 0 saturated carbocycles. The first-order valence-corrected chi connectivity index (χ1v) is 8.73. The monoisotopic (exact) mass is 374 g/mol. The molecule has 1 aromatic carbocycles. The van der Waals surface area contributed by atoms with E-state index in [1.165, 1.54) is 19.4 Å². The second kappa shape index (κ2) is 8.57. The van der Waals surface area contributed by atoms with Crippen LogP contribution in [0.3, 0.4) is 0 Å². The second-order valence-corrected chi connectivity index (χ2v) is 6.13. The van der Waals surface area contributed by atoms with Gasteiger partial charge >= 0.3 is 0 Å². The highest BCUT2D eigenvalue weighted by Gasteiger charge is 2.25. The lowest BCUT2D eigenvalue weighted by Crippen LogP contribution is -2.53. The van der Waals surface area contributed by atoms with E-state index < -0.39 is 5.82 Å². The van der Waals surface area contributed by atoms with Crippen molar-refractivity contribution in [2.24, 2.45) is 4.99 Å². The maximum Gasteiger partial charge on any atom is 0.289 e. The van der Waals surface area contributed by atoms with Crippen LogP contribution in [0.5, 0.6) is 5.75 Å². The van der Waals surface area contributed by atoms with Crippen LogP contribution in [0.1, 0.15) is 16.1 Å². The fraction of sp³-hybridized carbons (Fsp3) is 0.368. The Morgan fingerprint density at radius 3 is 2.59 bits per heavy atom. The Balaban J connectivity index is 1.53. The molecule has 0 radical (unpaired) electrons. The lowest BCUT2D eigenvalue weighted by Gasteiger charge is -2.36. The molecule has 0 bridgehead atoms. The Bertz CT molecular complexity index is 799. The van der Waals surface area contributed by atoms with Crippen molar-refractivity contribution in [1.29, 1.82) is 0 Å². The SMILES string of the molecule is CN=C(NCc1ccc(OC)c(F)c1)N1CCN(C(=O)c2ccco2)CC1. The van der Waals surface area contributed by atoms with Crippen LogP contribution in [0.2, 0.25) is 0 Å². The van der Waals surface area contributed by atoms with Crippen LogP contribution in [0.15, 0.2) is 46.0 Å². The van der Waals surface area contributed by atoms with E-state index in [1.54, 1.807) is 30.1 Å². The maximum absolute atomic E-state index is 13.8. The van der Waals surface area contributed by atoms with Gasteiger partial charge in [-0.25, -0.2) is 4.39 Å². The van der Waals surface area contributed by atoms with E-state index in [2.05, 4.69) is 15.2 Å². The summed E-state index contributed by atoms with van der Waals surface area (Å²) in [6.45, 7) is 2.92. The van der Waals surface area contributed by atoms with Crippen LogP contribution in [0.4, 0.5) is 4.39 Å². The molecule has 144 valence electrons. The molecule has 0 atom stereocenters. The van der Waals surface area contributed by atoms with Crippen molar-refractivity contribution in [3.63, 3.8) is 0 Å². The molecule has 2 heterocycles. The first kappa shape index (κ1) is 18.8. The number of nitrogens with zero attached hydrogens (tertiary/aromatic N) is 3. The van der Waals surface area contributed by atoms with Crippen molar-refractivity contribution in [2.75, 3.05) is 40.3 Å². The molecule has 1 aliphatic heterocycles. The second-order valence-electron chi connectivity index (χ2n) is 6.13. The van der Waals surface area contributed by atoms with Crippen LogP contribution < -0.4 is 10.1 Å². The number of carbonyl (C=O) groups is 1. The molecule has 1 fully saturated rings. The molecule has 3 rings (SSSR count). The largest absolute Gasteiger partial charge is 0.494 e. The summed E-state index contributed by atoms with van der Waals surface area (Å²) in [5.41, 5.74) is 0.793. The van der Waals surface area contributed by atoms with E-state index in [0.717, 1.165) is 11.5 Å². The molecule has 1 aliphatic rings. The first-order chi connectivity index (χ1) is 13.1. The Kier molecular flexibility index (Phi) is 5.95. The number of benzene rings is 1. The van der Waals surface area contributed by atoms with E-state index >= 15 is 0 Å². The van der Waals surface area contributed by atoms with Gasteiger partial charge in [-0.05, 0) is 29.8 Å². The molecule has 0 aliphatic carbocycles. The minimum absolute atomic E-state index is 0.101. The van der Waals surface area contributed by atoms with Crippen LogP contribution in [0, 0.1) is 5.82 Å². The van der Waals surface area contributed by atoms with Crippen LogP contribution in [0.25, 0.3) is 0 Å². The van der Waals surface area contributed by atoms with E-state index in [-0.39, 0.29) is 11.7 Å². The number of hydrogen-bond donors (Lipinski definition) is 1. The van der Waals surface area contributed by atoms with Crippen molar-refractivity contribution >= 4 is 11.9 Å². The van der Waals surface area contributed by atoms with Crippen LogP contribution in [-0.2, 0) is 6.54 Å². The van der Waals surface area contributed by atoms with Gasteiger partial charge in [0.25, 0.3) is 5.91 Å². The zero-order chi connectivity index (χ0) is 19.2. The molecule has 7 nitrogen and oxygen atoms in total. The molecule has 27 heavy (non-hydrogen) atoms.